The molecule has 3 saturated heterocycles. The van der Waals surface area contributed by atoms with Gasteiger partial charge in [-0.3, -0.25) is 9.59 Å². The molecular formula is C25H37N3O5S. The summed E-state index contributed by atoms with van der Waals surface area (Å²) in [5, 5.41) is 0. The first-order chi connectivity index (χ1) is 16.3. The van der Waals surface area contributed by atoms with Gasteiger partial charge in [-0.1, -0.05) is 19.1 Å². The van der Waals surface area contributed by atoms with E-state index in [1.807, 2.05) is 9.80 Å². The lowest BCUT2D eigenvalue weighted by atomic mass is 9.92. The molecule has 8 nitrogen and oxygen atoms in total. The molecule has 0 N–H and O–H groups in total. The second-order valence-corrected chi connectivity index (χ2v) is 11.8. The molecule has 3 heterocycles. The van der Waals surface area contributed by atoms with Gasteiger partial charge in [0.15, 0.2) is 0 Å². The predicted molar refractivity (Wildman–Crippen MR) is 129 cm³/mol. The maximum absolute atomic E-state index is 12.8. The summed E-state index contributed by atoms with van der Waals surface area (Å²) in [6, 6.07) is 6.85. The molecule has 0 saturated carbocycles. The summed E-state index contributed by atoms with van der Waals surface area (Å²) in [5.41, 5.74) is 0.943. The van der Waals surface area contributed by atoms with Crippen LogP contribution in [-0.2, 0) is 30.8 Å². The molecule has 1 aromatic rings. The Labute approximate surface area is 203 Å². The number of carbonyl (C=O) groups is 2. The topological polar surface area (TPSA) is 87.2 Å². The quantitative estimate of drug-likeness (QED) is 0.609. The number of piperidine rings is 2. The van der Waals surface area contributed by atoms with Crippen molar-refractivity contribution in [2.45, 2.75) is 50.3 Å². The summed E-state index contributed by atoms with van der Waals surface area (Å²) < 4.78 is 32.2. The molecule has 3 aliphatic heterocycles. The molecule has 188 valence electrons. The van der Waals surface area contributed by atoms with Crippen LogP contribution in [0.25, 0.3) is 0 Å². The summed E-state index contributed by atoms with van der Waals surface area (Å²) in [6.45, 7) is 6.83. The predicted octanol–water partition coefficient (Wildman–Crippen LogP) is 2.14. The van der Waals surface area contributed by atoms with Crippen molar-refractivity contribution >= 4 is 21.8 Å². The zero-order valence-corrected chi connectivity index (χ0v) is 21.0. The number of morpholine rings is 1. The molecule has 0 bridgehead atoms. The third-order valence-electron chi connectivity index (χ3n) is 7.45. The lowest BCUT2D eigenvalue weighted by molar-refractivity contribution is -0.141. The Balaban J connectivity index is 1.22. The number of aryl methyl sites for hydroxylation is 1. The number of rotatable bonds is 6. The van der Waals surface area contributed by atoms with Gasteiger partial charge < -0.3 is 14.5 Å². The van der Waals surface area contributed by atoms with Crippen molar-refractivity contribution in [3.05, 3.63) is 29.8 Å². The minimum atomic E-state index is -3.50. The van der Waals surface area contributed by atoms with Crippen molar-refractivity contribution in [1.82, 2.24) is 14.1 Å². The molecule has 0 unspecified atom stereocenters. The molecule has 34 heavy (non-hydrogen) atoms. The molecule has 3 fully saturated rings. The van der Waals surface area contributed by atoms with Crippen molar-refractivity contribution in [2.24, 2.45) is 11.8 Å². The third kappa shape index (κ3) is 5.98. The summed E-state index contributed by atoms with van der Waals surface area (Å²) in [6.07, 6.45) is 4.61. The van der Waals surface area contributed by atoms with Gasteiger partial charge in [0.05, 0.1) is 18.1 Å². The Morgan fingerprint density at radius 2 is 1.47 bits per heavy atom. The number of carbonyl (C=O) groups excluding carboxylic acids is 2. The highest BCUT2D eigenvalue weighted by molar-refractivity contribution is 7.89. The van der Waals surface area contributed by atoms with E-state index in [1.165, 1.54) is 4.31 Å². The lowest BCUT2D eigenvalue weighted by Crippen LogP contribution is -2.46. The van der Waals surface area contributed by atoms with Crippen LogP contribution in [0.5, 0.6) is 0 Å². The Kier molecular flexibility index (Phi) is 8.26. The van der Waals surface area contributed by atoms with Gasteiger partial charge in [0, 0.05) is 51.6 Å². The number of hydrogen-bond donors (Lipinski definition) is 0. The average Bonchev–Trinajstić information content (AvgIpc) is 2.88. The van der Waals surface area contributed by atoms with Crippen molar-refractivity contribution < 1.29 is 22.7 Å². The maximum atomic E-state index is 12.8. The average molecular weight is 492 g/mol. The van der Waals surface area contributed by atoms with Crippen molar-refractivity contribution in [3.63, 3.8) is 0 Å². The fraction of sp³-hybridized carbons (Fsp3) is 0.680. The number of hydrogen-bond acceptors (Lipinski definition) is 5. The second kappa shape index (κ2) is 11.2. The van der Waals surface area contributed by atoms with Crippen LogP contribution in [0.4, 0.5) is 0 Å². The second-order valence-electron chi connectivity index (χ2n) is 9.82. The highest BCUT2D eigenvalue weighted by Gasteiger charge is 2.31. The number of ether oxygens (including phenoxy) is 1. The van der Waals surface area contributed by atoms with E-state index < -0.39 is 10.0 Å². The van der Waals surface area contributed by atoms with Gasteiger partial charge in [-0.15, -0.1) is 0 Å². The molecule has 0 atom stereocenters. The van der Waals surface area contributed by atoms with Crippen LogP contribution < -0.4 is 0 Å². The van der Waals surface area contributed by atoms with E-state index in [2.05, 4.69) is 6.92 Å². The summed E-state index contributed by atoms with van der Waals surface area (Å²) in [7, 11) is -3.50. The summed E-state index contributed by atoms with van der Waals surface area (Å²) in [4.78, 5) is 29.7. The highest BCUT2D eigenvalue weighted by Crippen LogP contribution is 2.24. The molecule has 0 aromatic heterocycles. The fourth-order valence-electron chi connectivity index (χ4n) is 5.04. The van der Waals surface area contributed by atoms with E-state index >= 15 is 0 Å². The van der Waals surface area contributed by atoms with Crippen LogP contribution in [0.1, 0.15) is 44.6 Å². The smallest absolute Gasteiger partial charge is 0.243 e. The maximum Gasteiger partial charge on any atom is 0.243 e. The Morgan fingerprint density at radius 1 is 0.882 bits per heavy atom. The number of likely N-dealkylation sites (tertiary alicyclic amines) is 2. The Morgan fingerprint density at radius 3 is 2.09 bits per heavy atom. The van der Waals surface area contributed by atoms with E-state index in [0.717, 1.165) is 44.3 Å². The molecule has 0 radical (unpaired) electrons. The first-order valence-corrected chi connectivity index (χ1v) is 14.0. The van der Waals surface area contributed by atoms with E-state index in [4.69, 9.17) is 4.74 Å². The van der Waals surface area contributed by atoms with Crippen LogP contribution in [0.3, 0.4) is 0 Å². The van der Waals surface area contributed by atoms with Crippen LogP contribution in [0.15, 0.2) is 29.2 Å². The third-order valence-corrected chi connectivity index (χ3v) is 9.36. The summed E-state index contributed by atoms with van der Waals surface area (Å²) in [5.74, 6) is 1.11. The number of amides is 2. The minimum Gasteiger partial charge on any atom is -0.379 e. The number of benzene rings is 1. The van der Waals surface area contributed by atoms with Crippen LogP contribution in [0, 0.1) is 11.8 Å². The van der Waals surface area contributed by atoms with E-state index in [-0.39, 0.29) is 22.6 Å². The molecule has 4 rings (SSSR count). The minimum absolute atomic E-state index is 0.0402. The van der Waals surface area contributed by atoms with Gasteiger partial charge in [-0.25, -0.2) is 8.42 Å². The van der Waals surface area contributed by atoms with Crippen LogP contribution in [0.2, 0.25) is 0 Å². The zero-order chi connectivity index (χ0) is 24.1. The first kappa shape index (κ1) is 25.1. The molecule has 2 amide bonds. The molecule has 0 spiro atoms. The summed E-state index contributed by atoms with van der Waals surface area (Å²) >= 11 is 0. The molecule has 9 heteroatoms. The van der Waals surface area contributed by atoms with Gasteiger partial charge in [0.2, 0.25) is 21.8 Å². The van der Waals surface area contributed by atoms with Crippen LogP contribution in [-0.4, -0.2) is 86.8 Å². The van der Waals surface area contributed by atoms with Gasteiger partial charge >= 0.3 is 0 Å². The van der Waals surface area contributed by atoms with Gasteiger partial charge in [0.25, 0.3) is 0 Å². The SMILES string of the molecule is CC1CCN(C(=O)C2CCN(C(=O)CCc3ccc(S(=O)(=O)N4CCOCC4)cc3)CC2)CC1. The van der Waals surface area contributed by atoms with E-state index in [1.54, 1.807) is 24.3 Å². The van der Waals surface area contributed by atoms with Crippen LogP contribution >= 0.6 is 0 Å². The normalized spacial score (nSPS) is 21.6. The highest BCUT2D eigenvalue weighted by atomic mass is 32.2. The molecule has 1 aromatic carbocycles. The zero-order valence-electron chi connectivity index (χ0n) is 20.2. The first-order valence-electron chi connectivity index (χ1n) is 12.6. The number of sulfonamides is 1. The largest absolute Gasteiger partial charge is 0.379 e. The van der Waals surface area contributed by atoms with Crippen molar-refractivity contribution in [1.29, 1.82) is 0 Å². The Hall–Kier alpha value is -1.97. The van der Waals surface area contributed by atoms with E-state index in [9.17, 15) is 18.0 Å². The molecule has 3 aliphatic rings. The van der Waals surface area contributed by atoms with Crippen molar-refractivity contribution in [2.75, 3.05) is 52.5 Å². The van der Waals surface area contributed by atoms with Gasteiger partial charge in [0.1, 0.15) is 0 Å². The van der Waals surface area contributed by atoms with Gasteiger partial charge in [-0.2, -0.15) is 4.31 Å². The van der Waals surface area contributed by atoms with Gasteiger partial charge in [-0.05, 0) is 55.7 Å². The molecule has 0 aliphatic carbocycles. The number of nitrogens with zero attached hydrogens (tertiary/aromatic N) is 3. The van der Waals surface area contributed by atoms with Crippen molar-refractivity contribution in [3.8, 4) is 0 Å². The standard InChI is InChI=1S/C25H37N3O5S/c1-20-8-12-27(13-9-20)25(30)22-10-14-26(15-11-22)24(29)7-4-21-2-5-23(6-3-21)34(31,32)28-16-18-33-19-17-28/h2-3,5-6,20,22H,4,7-19H2,1H3. The lowest BCUT2D eigenvalue weighted by Gasteiger charge is -2.36. The van der Waals surface area contributed by atoms with E-state index in [0.29, 0.717) is 58.2 Å². The molecular weight excluding hydrogens is 454 g/mol. The monoisotopic (exact) mass is 491 g/mol. The fourth-order valence-corrected chi connectivity index (χ4v) is 6.44. The Bertz CT molecular complexity index is 943.